The zero-order valence-electron chi connectivity index (χ0n) is 11.2. The molecule has 3 heteroatoms. The van der Waals surface area contributed by atoms with Gasteiger partial charge in [0.25, 0.3) is 0 Å². The highest BCUT2D eigenvalue weighted by atomic mass is 16.4. The number of hydrogen-bond donors (Lipinski definition) is 1. The maximum atomic E-state index is 10.8. The Labute approximate surface area is 114 Å². The van der Waals surface area contributed by atoms with Gasteiger partial charge in [-0.15, -0.1) is 0 Å². The van der Waals surface area contributed by atoms with Gasteiger partial charge in [-0.1, -0.05) is 12.1 Å². The van der Waals surface area contributed by atoms with Crippen molar-refractivity contribution in [2.45, 2.75) is 32.2 Å². The van der Waals surface area contributed by atoms with Crippen molar-refractivity contribution in [3.05, 3.63) is 35.4 Å². The Hall–Kier alpha value is -1.35. The van der Waals surface area contributed by atoms with E-state index in [0.717, 1.165) is 18.4 Å². The van der Waals surface area contributed by atoms with E-state index in [2.05, 4.69) is 4.90 Å². The molecule has 0 amide bonds. The molecule has 0 spiro atoms. The lowest BCUT2D eigenvalue weighted by Crippen LogP contribution is -2.35. The van der Waals surface area contributed by atoms with E-state index in [1.54, 1.807) is 12.1 Å². The van der Waals surface area contributed by atoms with Crippen molar-refractivity contribution >= 4 is 5.97 Å². The second-order valence-electron chi connectivity index (χ2n) is 5.98. The predicted octanol–water partition coefficient (Wildman–Crippen LogP) is 3.01. The third kappa shape index (κ3) is 3.16. The Kier molecular flexibility index (Phi) is 3.56. The van der Waals surface area contributed by atoms with Gasteiger partial charge in [-0.05, 0) is 61.8 Å². The SMILES string of the molecule is O=C(O)c1ccc(CN2CCCC(C3CC3)C2)cc1. The lowest BCUT2D eigenvalue weighted by Gasteiger charge is -2.32. The van der Waals surface area contributed by atoms with E-state index in [0.29, 0.717) is 5.56 Å². The Bertz CT molecular complexity index is 450. The molecule has 1 aliphatic heterocycles. The van der Waals surface area contributed by atoms with Crippen LogP contribution >= 0.6 is 0 Å². The van der Waals surface area contributed by atoms with Crippen LogP contribution in [-0.4, -0.2) is 29.1 Å². The average molecular weight is 259 g/mol. The summed E-state index contributed by atoms with van der Waals surface area (Å²) in [6, 6.07) is 7.31. The van der Waals surface area contributed by atoms with Crippen molar-refractivity contribution in [2.75, 3.05) is 13.1 Å². The Balaban J connectivity index is 1.59. The third-order valence-corrected chi connectivity index (χ3v) is 4.44. The highest BCUT2D eigenvalue weighted by Crippen LogP contribution is 2.41. The molecule has 102 valence electrons. The predicted molar refractivity (Wildman–Crippen MR) is 74.1 cm³/mol. The molecule has 1 unspecified atom stereocenters. The van der Waals surface area contributed by atoms with Crippen molar-refractivity contribution in [1.82, 2.24) is 4.90 Å². The molecule has 1 aromatic rings. The third-order valence-electron chi connectivity index (χ3n) is 4.44. The van der Waals surface area contributed by atoms with Crippen LogP contribution in [0.2, 0.25) is 0 Å². The van der Waals surface area contributed by atoms with Gasteiger partial charge in [0.15, 0.2) is 0 Å². The van der Waals surface area contributed by atoms with Crippen LogP contribution in [0.15, 0.2) is 24.3 Å². The van der Waals surface area contributed by atoms with E-state index in [4.69, 9.17) is 5.11 Å². The van der Waals surface area contributed by atoms with Crippen LogP contribution < -0.4 is 0 Å². The molecule has 3 rings (SSSR count). The summed E-state index contributed by atoms with van der Waals surface area (Å²) in [5.41, 5.74) is 1.60. The van der Waals surface area contributed by atoms with Crippen molar-refractivity contribution in [3.8, 4) is 0 Å². The summed E-state index contributed by atoms with van der Waals surface area (Å²) in [4.78, 5) is 13.3. The summed E-state index contributed by atoms with van der Waals surface area (Å²) in [5, 5.41) is 8.89. The van der Waals surface area contributed by atoms with Gasteiger partial charge in [0.2, 0.25) is 0 Å². The Morgan fingerprint density at radius 1 is 1.16 bits per heavy atom. The van der Waals surface area contributed by atoms with Crippen LogP contribution in [0.5, 0.6) is 0 Å². The number of hydrogen-bond acceptors (Lipinski definition) is 2. The van der Waals surface area contributed by atoms with E-state index in [-0.39, 0.29) is 0 Å². The summed E-state index contributed by atoms with van der Waals surface area (Å²) < 4.78 is 0. The number of rotatable bonds is 4. The maximum Gasteiger partial charge on any atom is 0.335 e. The van der Waals surface area contributed by atoms with Crippen LogP contribution in [0, 0.1) is 11.8 Å². The fraction of sp³-hybridized carbons (Fsp3) is 0.562. The molecule has 19 heavy (non-hydrogen) atoms. The second-order valence-corrected chi connectivity index (χ2v) is 5.98. The quantitative estimate of drug-likeness (QED) is 0.903. The van der Waals surface area contributed by atoms with Gasteiger partial charge >= 0.3 is 5.97 Å². The van der Waals surface area contributed by atoms with E-state index < -0.39 is 5.97 Å². The molecule has 1 heterocycles. The molecular formula is C16H21NO2. The number of nitrogens with zero attached hydrogens (tertiary/aromatic N) is 1. The Morgan fingerprint density at radius 2 is 1.89 bits per heavy atom. The number of carboxylic acids is 1. The fourth-order valence-corrected chi connectivity index (χ4v) is 3.20. The van der Waals surface area contributed by atoms with Crippen LogP contribution in [0.1, 0.15) is 41.6 Å². The first-order chi connectivity index (χ1) is 9.22. The highest BCUT2D eigenvalue weighted by molar-refractivity contribution is 5.87. The molecule has 1 aromatic carbocycles. The maximum absolute atomic E-state index is 10.8. The lowest BCUT2D eigenvalue weighted by molar-refractivity contribution is 0.0697. The van der Waals surface area contributed by atoms with E-state index in [1.807, 2.05) is 12.1 Å². The molecule has 2 fully saturated rings. The molecule has 3 nitrogen and oxygen atoms in total. The minimum absolute atomic E-state index is 0.373. The first kappa shape index (κ1) is 12.7. The first-order valence-electron chi connectivity index (χ1n) is 7.27. The zero-order valence-corrected chi connectivity index (χ0v) is 11.2. The summed E-state index contributed by atoms with van der Waals surface area (Å²) in [5.74, 6) is 1.06. The average Bonchev–Trinajstić information content (AvgIpc) is 3.24. The van der Waals surface area contributed by atoms with Gasteiger partial charge in [0.1, 0.15) is 0 Å². The standard InChI is InChI=1S/C16H21NO2/c18-16(19)14-5-3-12(4-6-14)10-17-9-1-2-15(11-17)13-7-8-13/h3-6,13,15H,1-2,7-11H2,(H,18,19). The van der Waals surface area contributed by atoms with Crippen molar-refractivity contribution in [1.29, 1.82) is 0 Å². The van der Waals surface area contributed by atoms with Gasteiger partial charge in [0, 0.05) is 13.1 Å². The molecule has 1 saturated carbocycles. The number of aromatic carboxylic acids is 1. The highest BCUT2D eigenvalue weighted by Gasteiger charge is 2.33. The van der Waals surface area contributed by atoms with Crippen molar-refractivity contribution in [3.63, 3.8) is 0 Å². The van der Waals surface area contributed by atoms with Crippen molar-refractivity contribution in [2.24, 2.45) is 11.8 Å². The van der Waals surface area contributed by atoms with Crippen LogP contribution in [0.4, 0.5) is 0 Å². The number of carbonyl (C=O) groups is 1. The summed E-state index contributed by atoms with van der Waals surface area (Å²) >= 11 is 0. The Morgan fingerprint density at radius 3 is 2.53 bits per heavy atom. The molecule has 1 N–H and O–H groups in total. The van der Waals surface area contributed by atoms with E-state index in [1.165, 1.54) is 44.3 Å². The molecule has 1 saturated heterocycles. The zero-order chi connectivity index (χ0) is 13.2. The minimum atomic E-state index is -0.849. The van der Waals surface area contributed by atoms with Crippen LogP contribution in [-0.2, 0) is 6.54 Å². The topological polar surface area (TPSA) is 40.5 Å². The van der Waals surface area contributed by atoms with Gasteiger partial charge in [-0.2, -0.15) is 0 Å². The van der Waals surface area contributed by atoms with Crippen LogP contribution in [0.3, 0.4) is 0 Å². The molecule has 0 radical (unpaired) electrons. The molecule has 1 aliphatic carbocycles. The summed E-state index contributed by atoms with van der Waals surface area (Å²) in [7, 11) is 0. The molecule has 0 bridgehead atoms. The van der Waals surface area contributed by atoms with Gasteiger partial charge in [-0.25, -0.2) is 4.79 Å². The summed E-state index contributed by atoms with van der Waals surface area (Å²) in [6.07, 6.45) is 5.59. The number of likely N-dealkylation sites (tertiary alicyclic amines) is 1. The second kappa shape index (κ2) is 5.33. The fourth-order valence-electron chi connectivity index (χ4n) is 3.20. The first-order valence-corrected chi connectivity index (χ1v) is 7.27. The molecule has 0 aromatic heterocycles. The van der Waals surface area contributed by atoms with Gasteiger partial charge in [0.05, 0.1) is 5.56 Å². The number of piperidine rings is 1. The van der Waals surface area contributed by atoms with E-state index >= 15 is 0 Å². The van der Waals surface area contributed by atoms with Crippen LogP contribution in [0.25, 0.3) is 0 Å². The smallest absolute Gasteiger partial charge is 0.335 e. The van der Waals surface area contributed by atoms with Gasteiger partial charge in [-0.3, -0.25) is 4.90 Å². The normalized spacial score (nSPS) is 24.3. The summed E-state index contributed by atoms with van der Waals surface area (Å²) in [6.45, 7) is 3.37. The lowest BCUT2D eigenvalue weighted by atomic mass is 9.93. The monoisotopic (exact) mass is 259 g/mol. The number of benzene rings is 1. The van der Waals surface area contributed by atoms with E-state index in [9.17, 15) is 4.79 Å². The molecule has 1 atom stereocenters. The molecule has 2 aliphatic rings. The van der Waals surface area contributed by atoms with Crippen molar-refractivity contribution < 1.29 is 9.90 Å². The van der Waals surface area contributed by atoms with Gasteiger partial charge < -0.3 is 5.11 Å². The minimum Gasteiger partial charge on any atom is -0.478 e. The largest absolute Gasteiger partial charge is 0.478 e. The molecular weight excluding hydrogens is 238 g/mol. The number of carboxylic acid groups (broad SMARTS) is 1.